The summed E-state index contributed by atoms with van der Waals surface area (Å²) < 4.78 is 24.7. The third-order valence-corrected chi connectivity index (χ3v) is 3.18. The van der Waals surface area contributed by atoms with Gasteiger partial charge in [0.2, 0.25) is 0 Å². The number of hydrogen-bond donors (Lipinski definition) is 1. The van der Waals surface area contributed by atoms with Gasteiger partial charge in [0, 0.05) is 5.56 Å². The fraction of sp³-hybridized carbons (Fsp3) is 0.278. The highest BCUT2D eigenvalue weighted by Crippen LogP contribution is 2.29. The molecule has 0 heterocycles. The van der Waals surface area contributed by atoms with Gasteiger partial charge in [0.25, 0.3) is 5.91 Å². The summed E-state index contributed by atoms with van der Waals surface area (Å²) in [6.45, 7) is 6.51. The van der Waals surface area contributed by atoms with Gasteiger partial charge in [-0.25, -0.2) is 4.39 Å². The van der Waals surface area contributed by atoms with Gasteiger partial charge in [-0.3, -0.25) is 4.79 Å². The molecule has 0 aromatic heterocycles. The quantitative estimate of drug-likeness (QED) is 0.869. The fourth-order valence-electron chi connectivity index (χ4n) is 2.12. The van der Waals surface area contributed by atoms with Crippen LogP contribution >= 0.6 is 0 Å². The van der Waals surface area contributed by atoms with Gasteiger partial charge in [0.1, 0.15) is 5.82 Å². The molecule has 0 saturated heterocycles. The van der Waals surface area contributed by atoms with E-state index in [1.165, 1.54) is 6.07 Å². The highest BCUT2D eigenvalue weighted by atomic mass is 19.1. The van der Waals surface area contributed by atoms with Crippen molar-refractivity contribution >= 4 is 11.6 Å². The maximum Gasteiger partial charge on any atom is 0.255 e. The minimum absolute atomic E-state index is 0.154. The molecule has 0 saturated carbocycles. The van der Waals surface area contributed by atoms with Gasteiger partial charge in [-0.05, 0) is 56.7 Å². The Labute approximate surface area is 135 Å². The Morgan fingerprint density at radius 3 is 2.43 bits per heavy atom. The molecule has 0 radical (unpaired) electrons. The number of anilines is 1. The molecule has 0 aliphatic rings. The topological polar surface area (TPSA) is 47.6 Å². The Bertz CT molecular complexity index is 701. The Morgan fingerprint density at radius 1 is 1.04 bits per heavy atom. The molecule has 0 unspecified atom stereocenters. The van der Waals surface area contributed by atoms with Crippen LogP contribution in [-0.4, -0.2) is 19.1 Å². The molecular formula is C18H20FNO3. The van der Waals surface area contributed by atoms with E-state index in [4.69, 9.17) is 9.47 Å². The molecule has 0 spiro atoms. The number of nitrogens with one attached hydrogen (secondary N) is 1. The van der Waals surface area contributed by atoms with E-state index in [1.54, 1.807) is 30.3 Å². The summed E-state index contributed by atoms with van der Waals surface area (Å²) in [6.07, 6.45) is 0. The second-order valence-electron chi connectivity index (χ2n) is 4.96. The van der Waals surface area contributed by atoms with Gasteiger partial charge < -0.3 is 14.8 Å². The van der Waals surface area contributed by atoms with Crippen LogP contribution in [0.25, 0.3) is 0 Å². The molecule has 0 atom stereocenters. The van der Waals surface area contributed by atoms with E-state index in [9.17, 15) is 9.18 Å². The summed E-state index contributed by atoms with van der Waals surface area (Å²) in [5, 5.41) is 2.58. The first-order valence-electron chi connectivity index (χ1n) is 7.52. The minimum atomic E-state index is -0.472. The smallest absolute Gasteiger partial charge is 0.255 e. The molecule has 122 valence electrons. The van der Waals surface area contributed by atoms with Crippen molar-refractivity contribution in [1.29, 1.82) is 0 Å². The molecule has 5 heteroatoms. The van der Waals surface area contributed by atoms with Crippen LogP contribution in [0.3, 0.4) is 0 Å². The predicted octanol–water partition coefficient (Wildman–Crippen LogP) is 4.18. The molecule has 23 heavy (non-hydrogen) atoms. The summed E-state index contributed by atoms with van der Waals surface area (Å²) >= 11 is 0. The Morgan fingerprint density at radius 2 is 1.74 bits per heavy atom. The average Bonchev–Trinajstić information content (AvgIpc) is 2.53. The normalized spacial score (nSPS) is 10.3. The summed E-state index contributed by atoms with van der Waals surface area (Å²) in [4.78, 5) is 12.3. The fourth-order valence-corrected chi connectivity index (χ4v) is 2.12. The van der Waals surface area contributed by atoms with Crippen LogP contribution < -0.4 is 14.8 Å². The lowest BCUT2D eigenvalue weighted by molar-refractivity contribution is 0.102. The maximum atomic E-state index is 13.8. The van der Waals surface area contributed by atoms with Crippen molar-refractivity contribution in [2.75, 3.05) is 18.5 Å². The lowest BCUT2D eigenvalue weighted by Gasteiger charge is -2.13. The number of halogens is 1. The van der Waals surface area contributed by atoms with Crippen LogP contribution in [0.5, 0.6) is 11.5 Å². The Hall–Kier alpha value is -2.56. The molecule has 2 rings (SSSR count). The zero-order chi connectivity index (χ0) is 16.8. The highest BCUT2D eigenvalue weighted by molar-refractivity contribution is 6.04. The average molecular weight is 317 g/mol. The number of ether oxygens (including phenoxy) is 2. The zero-order valence-electron chi connectivity index (χ0n) is 13.5. The SMILES string of the molecule is CCOc1ccc(C(=O)Nc2cc(C)ccc2F)cc1OCC. The summed E-state index contributed by atoms with van der Waals surface area (Å²) in [7, 11) is 0. The Balaban J connectivity index is 2.25. The van der Waals surface area contributed by atoms with Crippen LogP contribution in [0.1, 0.15) is 29.8 Å². The molecule has 0 fully saturated rings. The molecule has 1 amide bonds. The van der Waals surface area contributed by atoms with Crippen LogP contribution in [0.15, 0.2) is 36.4 Å². The number of benzene rings is 2. The Kier molecular flexibility index (Phi) is 5.57. The van der Waals surface area contributed by atoms with Crippen LogP contribution in [-0.2, 0) is 0 Å². The molecule has 2 aromatic carbocycles. The standard InChI is InChI=1S/C18H20FNO3/c1-4-22-16-9-7-13(11-17(16)23-5-2)18(21)20-15-10-12(3)6-8-14(15)19/h6-11H,4-5H2,1-3H3,(H,20,21). The van der Waals surface area contributed by atoms with Crippen LogP contribution in [0.2, 0.25) is 0 Å². The molecule has 2 aromatic rings. The lowest BCUT2D eigenvalue weighted by Crippen LogP contribution is -2.13. The van der Waals surface area contributed by atoms with Crippen molar-refractivity contribution in [2.45, 2.75) is 20.8 Å². The maximum absolute atomic E-state index is 13.8. The van der Waals surface area contributed by atoms with Crippen molar-refractivity contribution < 1.29 is 18.7 Å². The van der Waals surface area contributed by atoms with Gasteiger partial charge in [0.15, 0.2) is 11.5 Å². The van der Waals surface area contributed by atoms with Crippen molar-refractivity contribution in [1.82, 2.24) is 0 Å². The van der Waals surface area contributed by atoms with Crippen LogP contribution in [0, 0.1) is 12.7 Å². The second kappa shape index (κ2) is 7.63. The summed E-state index contributed by atoms with van der Waals surface area (Å²) in [5.74, 6) is 0.192. The van der Waals surface area contributed by atoms with Crippen molar-refractivity contribution in [3.8, 4) is 11.5 Å². The van der Waals surface area contributed by atoms with Gasteiger partial charge in [0.05, 0.1) is 18.9 Å². The van der Waals surface area contributed by atoms with Crippen molar-refractivity contribution in [2.24, 2.45) is 0 Å². The number of aryl methyl sites for hydroxylation is 1. The van der Waals surface area contributed by atoms with E-state index in [-0.39, 0.29) is 5.69 Å². The molecule has 4 nitrogen and oxygen atoms in total. The molecule has 0 bridgehead atoms. The van der Waals surface area contributed by atoms with E-state index in [2.05, 4.69) is 5.32 Å². The number of carbonyl (C=O) groups excluding carboxylic acids is 1. The van der Waals surface area contributed by atoms with Gasteiger partial charge in [-0.2, -0.15) is 0 Å². The number of hydrogen-bond acceptors (Lipinski definition) is 3. The number of rotatable bonds is 6. The van der Waals surface area contributed by atoms with E-state index in [0.717, 1.165) is 5.56 Å². The van der Waals surface area contributed by atoms with Crippen molar-refractivity contribution in [3.63, 3.8) is 0 Å². The van der Waals surface area contributed by atoms with Gasteiger partial charge in [-0.1, -0.05) is 6.07 Å². The third kappa shape index (κ3) is 4.22. The van der Waals surface area contributed by atoms with E-state index in [1.807, 2.05) is 20.8 Å². The van der Waals surface area contributed by atoms with Crippen LogP contribution in [0.4, 0.5) is 10.1 Å². The van der Waals surface area contributed by atoms with E-state index >= 15 is 0 Å². The third-order valence-electron chi connectivity index (χ3n) is 3.18. The number of amides is 1. The summed E-state index contributed by atoms with van der Waals surface area (Å²) in [5.41, 5.74) is 1.39. The first-order chi connectivity index (χ1) is 11.0. The monoisotopic (exact) mass is 317 g/mol. The highest BCUT2D eigenvalue weighted by Gasteiger charge is 2.13. The van der Waals surface area contributed by atoms with E-state index < -0.39 is 11.7 Å². The number of carbonyl (C=O) groups is 1. The molecule has 1 N–H and O–H groups in total. The first kappa shape index (κ1) is 16.8. The molecular weight excluding hydrogens is 297 g/mol. The summed E-state index contributed by atoms with van der Waals surface area (Å²) in [6, 6.07) is 9.46. The second-order valence-corrected chi connectivity index (χ2v) is 4.96. The molecule has 0 aliphatic carbocycles. The molecule has 0 aliphatic heterocycles. The van der Waals surface area contributed by atoms with Gasteiger partial charge in [-0.15, -0.1) is 0 Å². The largest absolute Gasteiger partial charge is 0.490 e. The van der Waals surface area contributed by atoms with Crippen molar-refractivity contribution in [3.05, 3.63) is 53.3 Å². The first-order valence-corrected chi connectivity index (χ1v) is 7.52. The zero-order valence-corrected chi connectivity index (χ0v) is 13.5. The predicted molar refractivity (Wildman–Crippen MR) is 87.9 cm³/mol. The van der Waals surface area contributed by atoms with Gasteiger partial charge >= 0.3 is 0 Å². The lowest BCUT2D eigenvalue weighted by atomic mass is 10.1. The minimum Gasteiger partial charge on any atom is -0.490 e. The van der Waals surface area contributed by atoms with E-state index in [0.29, 0.717) is 30.3 Å².